The summed E-state index contributed by atoms with van der Waals surface area (Å²) in [7, 11) is 0. The summed E-state index contributed by atoms with van der Waals surface area (Å²) in [5.41, 5.74) is 6.98. The molecule has 0 bridgehead atoms. The maximum atomic E-state index is 4.87. The van der Waals surface area contributed by atoms with E-state index in [0.29, 0.717) is 0 Å². The maximum absolute atomic E-state index is 4.87. The number of allylic oxidation sites excluding steroid dienone is 1. The molecule has 0 amide bonds. The van der Waals surface area contributed by atoms with Crippen molar-refractivity contribution in [1.82, 2.24) is 0 Å². The molecule has 20 heavy (non-hydrogen) atoms. The van der Waals surface area contributed by atoms with Crippen molar-refractivity contribution in [2.45, 2.75) is 27.7 Å². The monoisotopic (exact) mass is 263 g/mol. The van der Waals surface area contributed by atoms with Gasteiger partial charge in [0.1, 0.15) is 0 Å². The van der Waals surface area contributed by atoms with Crippen molar-refractivity contribution in [3.05, 3.63) is 76.9 Å². The molecule has 0 unspecified atom stereocenters. The van der Waals surface area contributed by atoms with E-state index in [4.69, 9.17) is 4.99 Å². The molecule has 0 spiro atoms. The van der Waals surface area contributed by atoms with E-state index in [0.717, 1.165) is 11.4 Å². The molecule has 102 valence electrons. The Balaban J connectivity index is 2.46. The smallest absolute Gasteiger partial charge is 0.0691 e. The Kier molecular flexibility index (Phi) is 4.52. The van der Waals surface area contributed by atoms with E-state index >= 15 is 0 Å². The number of nitrogens with zero attached hydrogens (tertiary/aromatic N) is 1. The molecule has 0 saturated heterocycles. The van der Waals surface area contributed by atoms with Crippen LogP contribution in [-0.4, -0.2) is 5.71 Å². The minimum absolute atomic E-state index is 1.06. The molecule has 2 rings (SSSR count). The van der Waals surface area contributed by atoms with Gasteiger partial charge in [0.05, 0.1) is 5.70 Å². The Morgan fingerprint density at radius 3 is 2.00 bits per heavy atom. The summed E-state index contributed by atoms with van der Waals surface area (Å²) in [5.74, 6) is 0. The van der Waals surface area contributed by atoms with Crippen LogP contribution >= 0.6 is 0 Å². The van der Waals surface area contributed by atoms with Crippen LogP contribution in [0.1, 0.15) is 37.5 Å². The minimum Gasteiger partial charge on any atom is -0.253 e. The molecule has 0 atom stereocenters. The second kappa shape index (κ2) is 6.33. The van der Waals surface area contributed by atoms with Crippen LogP contribution in [0, 0.1) is 6.92 Å². The van der Waals surface area contributed by atoms with E-state index in [1.165, 1.54) is 22.3 Å². The second-order valence-electron chi connectivity index (χ2n) is 5.23. The van der Waals surface area contributed by atoms with E-state index in [9.17, 15) is 0 Å². The maximum Gasteiger partial charge on any atom is 0.0691 e. The van der Waals surface area contributed by atoms with E-state index < -0.39 is 0 Å². The SMILES string of the molecule is CC(=NC(=C(C)C)c1ccccc1)c1ccccc1C. The summed E-state index contributed by atoms with van der Waals surface area (Å²) in [6.07, 6.45) is 0. The summed E-state index contributed by atoms with van der Waals surface area (Å²) in [4.78, 5) is 4.87. The van der Waals surface area contributed by atoms with Crippen LogP contribution < -0.4 is 0 Å². The first-order valence-corrected chi connectivity index (χ1v) is 6.94. The van der Waals surface area contributed by atoms with Gasteiger partial charge in [-0.1, -0.05) is 60.2 Å². The average molecular weight is 263 g/mol. The second-order valence-corrected chi connectivity index (χ2v) is 5.23. The van der Waals surface area contributed by atoms with Crippen LogP contribution in [0.2, 0.25) is 0 Å². The summed E-state index contributed by atoms with van der Waals surface area (Å²) in [5, 5.41) is 0. The molecule has 0 aliphatic rings. The lowest BCUT2D eigenvalue weighted by Crippen LogP contribution is -1.99. The van der Waals surface area contributed by atoms with Gasteiger partial charge in [0.15, 0.2) is 0 Å². The highest BCUT2D eigenvalue weighted by Crippen LogP contribution is 2.21. The fourth-order valence-electron chi connectivity index (χ4n) is 2.27. The molecule has 0 saturated carbocycles. The fraction of sp³-hybridized carbons (Fsp3) is 0.211. The Morgan fingerprint density at radius 2 is 1.40 bits per heavy atom. The zero-order chi connectivity index (χ0) is 14.5. The van der Waals surface area contributed by atoms with Gasteiger partial charge in [-0.2, -0.15) is 0 Å². The lowest BCUT2D eigenvalue weighted by atomic mass is 10.0. The first-order valence-electron chi connectivity index (χ1n) is 6.94. The zero-order valence-corrected chi connectivity index (χ0v) is 12.6. The van der Waals surface area contributed by atoms with E-state index in [2.05, 4.69) is 76.2 Å². The molecule has 0 radical (unpaired) electrons. The van der Waals surface area contributed by atoms with Crippen molar-refractivity contribution < 1.29 is 0 Å². The number of aliphatic imine (C=N–C) groups is 1. The van der Waals surface area contributed by atoms with Gasteiger partial charge in [0.2, 0.25) is 0 Å². The molecule has 0 aliphatic carbocycles. The number of rotatable bonds is 3. The van der Waals surface area contributed by atoms with Crippen LogP contribution in [-0.2, 0) is 0 Å². The summed E-state index contributed by atoms with van der Waals surface area (Å²) in [6.45, 7) is 8.42. The largest absolute Gasteiger partial charge is 0.253 e. The van der Waals surface area contributed by atoms with Gasteiger partial charge in [0, 0.05) is 11.3 Å². The summed E-state index contributed by atoms with van der Waals surface area (Å²) >= 11 is 0. The van der Waals surface area contributed by atoms with Crippen molar-refractivity contribution in [3.8, 4) is 0 Å². The third-order valence-corrected chi connectivity index (χ3v) is 3.34. The van der Waals surface area contributed by atoms with Gasteiger partial charge in [0.25, 0.3) is 0 Å². The minimum atomic E-state index is 1.06. The molecule has 0 aromatic heterocycles. The number of aryl methyl sites for hydroxylation is 1. The van der Waals surface area contributed by atoms with Crippen LogP contribution in [0.4, 0.5) is 0 Å². The number of hydrogen-bond donors (Lipinski definition) is 0. The van der Waals surface area contributed by atoms with Crippen molar-refractivity contribution in [2.24, 2.45) is 4.99 Å². The first kappa shape index (κ1) is 14.3. The van der Waals surface area contributed by atoms with E-state index in [-0.39, 0.29) is 0 Å². The molecule has 2 aromatic carbocycles. The molecule has 0 aliphatic heterocycles. The van der Waals surface area contributed by atoms with Crippen LogP contribution in [0.25, 0.3) is 5.70 Å². The average Bonchev–Trinajstić information content (AvgIpc) is 2.45. The predicted octanol–water partition coefficient (Wildman–Crippen LogP) is 5.26. The molecular weight excluding hydrogens is 242 g/mol. The lowest BCUT2D eigenvalue weighted by molar-refractivity contribution is 1.32. The molecule has 1 heteroatoms. The number of benzene rings is 2. The third-order valence-electron chi connectivity index (χ3n) is 3.34. The molecule has 2 aromatic rings. The van der Waals surface area contributed by atoms with Gasteiger partial charge in [-0.05, 0) is 38.8 Å². The van der Waals surface area contributed by atoms with E-state index in [1.807, 2.05) is 6.07 Å². The van der Waals surface area contributed by atoms with Crippen LogP contribution in [0.5, 0.6) is 0 Å². The van der Waals surface area contributed by atoms with Crippen molar-refractivity contribution in [2.75, 3.05) is 0 Å². The molecule has 0 N–H and O–H groups in total. The van der Waals surface area contributed by atoms with Crippen molar-refractivity contribution in [1.29, 1.82) is 0 Å². The Labute approximate surface area is 121 Å². The van der Waals surface area contributed by atoms with Gasteiger partial charge in [-0.15, -0.1) is 0 Å². The van der Waals surface area contributed by atoms with Crippen molar-refractivity contribution >= 4 is 11.4 Å². The van der Waals surface area contributed by atoms with Gasteiger partial charge < -0.3 is 0 Å². The van der Waals surface area contributed by atoms with Gasteiger partial charge in [-0.3, -0.25) is 4.99 Å². The van der Waals surface area contributed by atoms with Gasteiger partial charge in [-0.25, -0.2) is 0 Å². The van der Waals surface area contributed by atoms with Crippen LogP contribution in [0.15, 0.2) is 65.2 Å². The fourth-order valence-corrected chi connectivity index (χ4v) is 2.27. The summed E-state index contributed by atoms with van der Waals surface area (Å²) < 4.78 is 0. The standard InChI is InChI=1S/C19H21N/c1-14(2)19(17-11-6-5-7-12-17)20-16(4)18-13-9-8-10-15(18)3/h5-13H,1-4H3. The van der Waals surface area contributed by atoms with Gasteiger partial charge >= 0.3 is 0 Å². The molecule has 0 heterocycles. The molecular formula is C19H21N. The normalized spacial score (nSPS) is 11.3. The highest BCUT2D eigenvalue weighted by atomic mass is 14.8. The molecule has 0 fully saturated rings. The quantitative estimate of drug-likeness (QED) is 0.670. The summed E-state index contributed by atoms with van der Waals surface area (Å²) in [6, 6.07) is 18.7. The van der Waals surface area contributed by atoms with Crippen molar-refractivity contribution in [3.63, 3.8) is 0 Å². The van der Waals surface area contributed by atoms with E-state index in [1.54, 1.807) is 0 Å². The zero-order valence-electron chi connectivity index (χ0n) is 12.6. The van der Waals surface area contributed by atoms with Crippen LogP contribution in [0.3, 0.4) is 0 Å². The highest BCUT2D eigenvalue weighted by molar-refractivity contribution is 6.02. The lowest BCUT2D eigenvalue weighted by Gasteiger charge is -2.09. The topological polar surface area (TPSA) is 12.4 Å². The highest BCUT2D eigenvalue weighted by Gasteiger charge is 2.05. The Hall–Kier alpha value is -2.15. The Bertz CT molecular complexity index is 644. The number of hydrogen-bond acceptors (Lipinski definition) is 1. The first-order chi connectivity index (χ1) is 9.59. The predicted molar refractivity (Wildman–Crippen MR) is 88.1 cm³/mol. The molecule has 1 nitrogen and oxygen atoms in total. The third kappa shape index (κ3) is 3.24. The Morgan fingerprint density at radius 1 is 0.800 bits per heavy atom.